The van der Waals surface area contributed by atoms with Gasteiger partial charge in [-0.25, -0.2) is 0 Å². The molecule has 0 aliphatic rings. The minimum absolute atomic E-state index is 0.0868. The van der Waals surface area contributed by atoms with E-state index in [9.17, 15) is 8.42 Å². The van der Waals surface area contributed by atoms with E-state index in [1.165, 1.54) is 18.5 Å². The van der Waals surface area contributed by atoms with Gasteiger partial charge in [-0.15, -0.1) is 0 Å². The van der Waals surface area contributed by atoms with Gasteiger partial charge in [0.05, 0.1) is 6.10 Å². The van der Waals surface area contributed by atoms with Crippen molar-refractivity contribution in [1.82, 2.24) is 4.98 Å². The molecule has 0 radical (unpaired) electrons. The van der Waals surface area contributed by atoms with Crippen LogP contribution < -0.4 is 0 Å². The first-order valence-corrected chi connectivity index (χ1v) is 5.26. The third kappa shape index (κ3) is 2.78. The van der Waals surface area contributed by atoms with Crippen LogP contribution in [0.5, 0.6) is 0 Å². The Kier molecular flexibility index (Phi) is 3.00. The number of hydrogen-bond acceptors (Lipinski definition) is 4. The van der Waals surface area contributed by atoms with Crippen molar-refractivity contribution in [2.45, 2.75) is 24.8 Å². The van der Waals surface area contributed by atoms with Crippen molar-refractivity contribution in [3.63, 3.8) is 0 Å². The summed E-state index contributed by atoms with van der Waals surface area (Å²) in [7, 11) is -3.62. The van der Waals surface area contributed by atoms with Crippen LogP contribution in [0.15, 0.2) is 29.4 Å². The smallest absolute Gasteiger partial charge is 0.264 e. The molecule has 1 heterocycles. The largest absolute Gasteiger partial charge is 0.298 e. The normalized spacial score (nSPS) is 11.9. The average molecular weight is 201 g/mol. The molecule has 0 saturated carbocycles. The number of aromatic nitrogens is 1. The van der Waals surface area contributed by atoms with Crippen molar-refractivity contribution in [3.8, 4) is 0 Å². The lowest BCUT2D eigenvalue weighted by Gasteiger charge is -2.06. The summed E-state index contributed by atoms with van der Waals surface area (Å²) in [5, 5.41) is 0. The molecule has 72 valence electrons. The molecular formula is C8H11NO3S. The predicted molar refractivity (Wildman–Crippen MR) is 47.6 cm³/mol. The third-order valence-electron chi connectivity index (χ3n) is 1.24. The number of pyridine rings is 1. The minimum Gasteiger partial charge on any atom is -0.264 e. The molecule has 13 heavy (non-hydrogen) atoms. The highest BCUT2D eigenvalue weighted by atomic mass is 32.2. The van der Waals surface area contributed by atoms with E-state index in [1.54, 1.807) is 19.9 Å². The van der Waals surface area contributed by atoms with E-state index in [-0.39, 0.29) is 11.0 Å². The molecule has 1 rings (SSSR count). The zero-order valence-corrected chi connectivity index (χ0v) is 8.28. The maximum absolute atomic E-state index is 11.4. The minimum atomic E-state index is -3.62. The van der Waals surface area contributed by atoms with Gasteiger partial charge in [0.25, 0.3) is 10.1 Å². The summed E-state index contributed by atoms with van der Waals surface area (Å²) >= 11 is 0. The molecule has 0 aliphatic carbocycles. The highest BCUT2D eigenvalue weighted by Crippen LogP contribution is 2.11. The summed E-state index contributed by atoms with van der Waals surface area (Å²) in [5.74, 6) is 0. The van der Waals surface area contributed by atoms with E-state index in [1.807, 2.05) is 0 Å². The molecule has 0 N–H and O–H groups in total. The lowest BCUT2D eigenvalue weighted by atomic mass is 10.5. The van der Waals surface area contributed by atoms with E-state index in [0.29, 0.717) is 0 Å². The molecule has 1 aromatic heterocycles. The van der Waals surface area contributed by atoms with Gasteiger partial charge >= 0.3 is 0 Å². The van der Waals surface area contributed by atoms with Gasteiger partial charge in [-0.2, -0.15) is 8.42 Å². The second-order valence-corrected chi connectivity index (χ2v) is 4.36. The Balaban J connectivity index is 2.96. The van der Waals surface area contributed by atoms with Crippen molar-refractivity contribution in [1.29, 1.82) is 0 Å². The number of nitrogens with zero attached hydrogens (tertiary/aromatic N) is 1. The van der Waals surface area contributed by atoms with Gasteiger partial charge in [0.1, 0.15) is 4.90 Å². The second kappa shape index (κ2) is 3.85. The molecule has 4 nitrogen and oxygen atoms in total. The van der Waals surface area contributed by atoms with Crippen molar-refractivity contribution >= 4 is 10.1 Å². The second-order valence-electron chi connectivity index (χ2n) is 2.79. The van der Waals surface area contributed by atoms with Crippen LogP contribution in [0.2, 0.25) is 0 Å². The van der Waals surface area contributed by atoms with E-state index in [0.717, 1.165) is 0 Å². The van der Waals surface area contributed by atoms with E-state index in [4.69, 9.17) is 4.18 Å². The fourth-order valence-corrected chi connectivity index (χ4v) is 1.86. The van der Waals surface area contributed by atoms with Crippen molar-refractivity contribution in [2.75, 3.05) is 0 Å². The van der Waals surface area contributed by atoms with Crippen LogP contribution >= 0.6 is 0 Å². The molecule has 0 spiro atoms. The van der Waals surface area contributed by atoms with Crippen LogP contribution in [0.4, 0.5) is 0 Å². The molecule has 0 aromatic carbocycles. The maximum Gasteiger partial charge on any atom is 0.298 e. The Hall–Kier alpha value is -0.940. The molecule has 0 unspecified atom stereocenters. The van der Waals surface area contributed by atoms with Crippen molar-refractivity contribution in [2.24, 2.45) is 0 Å². The molecule has 0 atom stereocenters. The van der Waals surface area contributed by atoms with Gasteiger partial charge in [0.2, 0.25) is 0 Å². The van der Waals surface area contributed by atoms with E-state index < -0.39 is 10.1 Å². The number of rotatable bonds is 3. The van der Waals surface area contributed by atoms with Crippen LogP contribution in [-0.4, -0.2) is 19.5 Å². The fraction of sp³-hybridized carbons (Fsp3) is 0.375. The summed E-state index contributed by atoms with van der Waals surface area (Å²) in [5.41, 5.74) is 0. The first-order valence-electron chi connectivity index (χ1n) is 3.85. The molecule has 0 fully saturated rings. The lowest BCUT2D eigenvalue weighted by molar-refractivity contribution is 0.249. The third-order valence-corrected chi connectivity index (χ3v) is 2.70. The van der Waals surface area contributed by atoms with Gasteiger partial charge in [-0.3, -0.25) is 9.17 Å². The molecule has 0 bridgehead atoms. The highest BCUT2D eigenvalue weighted by Gasteiger charge is 2.16. The van der Waals surface area contributed by atoms with E-state index in [2.05, 4.69) is 4.98 Å². The SMILES string of the molecule is CC(C)OS(=O)(=O)c1cccnc1. The van der Waals surface area contributed by atoms with Crippen molar-refractivity contribution < 1.29 is 12.6 Å². The first-order chi connectivity index (χ1) is 6.02. The van der Waals surface area contributed by atoms with Crippen LogP contribution in [0.25, 0.3) is 0 Å². The number of hydrogen-bond donors (Lipinski definition) is 0. The molecular weight excluding hydrogens is 190 g/mol. The topological polar surface area (TPSA) is 56.3 Å². The summed E-state index contributed by atoms with van der Waals surface area (Å²) in [4.78, 5) is 3.79. The van der Waals surface area contributed by atoms with E-state index >= 15 is 0 Å². The molecule has 0 amide bonds. The Morgan fingerprint density at radius 2 is 2.15 bits per heavy atom. The van der Waals surface area contributed by atoms with Crippen LogP contribution in [0.3, 0.4) is 0 Å². The van der Waals surface area contributed by atoms with Crippen LogP contribution in [0, 0.1) is 0 Å². The lowest BCUT2D eigenvalue weighted by Crippen LogP contribution is -2.12. The Morgan fingerprint density at radius 1 is 1.46 bits per heavy atom. The monoisotopic (exact) mass is 201 g/mol. The van der Waals surface area contributed by atoms with Gasteiger partial charge < -0.3 is 0 Å². The van der Waals surface area contributed by atoms with Gasteiger partial charge in [0.15, 0.2) is 0 Å². The first kappa shape index (κ1) is 10.1. The highest BCUT2D eigenvalue weighted by molar-refractivity contribution is 7.86. The molecule has 0 saturated heterocycles. The summed E-state index contributed by atoms with van der Waals surface area (Å²) in [6, 6.07) is 3.00. The maximum atomic E-state index is 11.4. The summed E-state index contributed by atoms with van der Waals surface area (Å²) in [6.45, 7) is 3.32. The quantitative estimate of drug-likeness (QED) is 0.689. The molecule has 5 heteroatoms. The summed E-state index contributed by atoms with van der Waals surface area (Å²) < 4.78 is 27.5. The van der Waals surface area contributed by atoms with Crippen LogP contribution in [0.1, 0.15) is 13.8 Å². The standard InChI is InChI=1S/C8H11NO3S/c1-7(2)12-13(10,11)8-4-3-5-9-6-8/h3-7H,1-2H3. The predicted octanol–water partition coefficient (Wildman–Crippen LogP) is 1.20. The van der Waals surface area contributed by atoms with Gasteiger partial charge in [-0.1, -0.05) is 0 Å². The Labute approximate surface area is 77.7 Å². The molecule has 1 aromatic rings. The Bertz CT molecular complexity index is 358. The average Bonchev–Trinajstić information content (AvgIpc) is 2.04. The van der Waals surface area contributed by atoms with Gasteiger partial charge in [0, 0.05) is 12.4 Å². The zero-order valence-electron chi connectivity index (χ0n) is 7.47. The fourth-order valence-electron chi connectivity index (χ4n) is 0.804. The van der Waals surface area contributed by atoms with Crippen molar-refractivity contribution in [3.05, 3.63) is 24.5 Å². The Morgan fingerprint density at radius 3 is 2.62 bits per heavy atom. The molecule has 0 aliphatic heterocycles. The van der Waals surface area contributed by atoms with Gasteiger partial charge in [-0.05, 0) is 26.0 Å². The van der Waals surface area contributed by atoms with Crippen LogP contribution in [-0.2, 0) is 14.3 Å². The zero-order chi connectivity index (χ0) is 9.90. The summed E-state index contributed by atoms with van der Waals surface area (Å²) in [6.07, 6.45) is 2.41.